The lowest BCUT2D eigenvalue weighted by atomic mass is 10.1. The van der Waals surface area contributed by atoms with Gasteiger partial charge in [0.2, 0.25) is 10.0 Å². The van der Waals surface area contributed by atoms with Crippen LogP contribution < -0.4 is 4.74 Å². The lowest BCUT2D eigenvalue weighted by molar-refractivity contribution is -0.385. The fourth-order valence-corrected chi connectivity index (χ4v) is 5.36. The second kappa shape index (κ2) is 10.4. The van der Waals surface area contributed by atoms with E-state index in [9.17, 15) is 23.3 Å². The zero-order chi connectivity index (χ0) is 24.2. The minimum atomic E-state index is -4.03. The number of nitrogens with zero attached hydrogens (tertiary/aromatic N) is 3. The molecule has 0 aliphatic carbocycles. The van der Waals surface area contributed by atoms with E-state index in [1.807, 2.05) is 32.9 Å². The highest BCUT2D eigenvalue weighted by atomic mass is 32.2. The molecule has 0 spiro atoms. The van der Waals surface area contributed by atoms with Crippen molar-refractivity contribution in [2.45, 2.75) is 32.1 Å². The number of aldehydes is 1. The van der Waals surface area contributed by atoms with Gasteiger partial charge in [-0.2, -0.15) is 4.31 Å². The van der Waals surface area contributed by atoms with Gasteiger partial charge in [-0.25, -0.2) is 8.42 Å². The van der Waals surface area contributed by atoms with Gasteiger partial charge in [-0.05, 0) is 43.0 Å². The van der Waals surface area contributed by atoms with E-state index in [0.717, 1.165) is 23.5 Å². The van der Waals surface area contributed by atoms with Crippen molar-refractivity contribution in [2.24, 2.45) is 5.92 Å². The van der Waals surface area contributed by atoms with Crippen molar-refractivity contribution in [3.8, 4) is 11.5 Å². The molecule has 1 aliphatic rings. The number of non-ortho nitro benzene ring substituents is 1. The predicted octanol–water partition coefficient (Wildman–Crippen LogP) is 3.54. The third-order valence-electron chi connectivity index (χ3n) is 5.72. The van der Waals surface area contributed by atoms with Crippen molar-refractivity contribution in [2.75, 3.05) is 32.7 Å². The molecule has 1 fully saturated rings. The summed E-state index contributed by atoms with van der Waals surface area (Å²) in [6.07, 6.45) is 1.36. The molecule has 1 heterocycles. The second-order valence-electron chi connectivity index (χ2n) is 8.47. The molecule has 33 heavy (non-hydrogen) atoms. The minimum Gasteiger partial charge on any atom is -0.456 e. The van der Waals surface area contributed by atoms with Crippen LogP contribution in [0, 0.1) is 29.9 Å². The number of sulfonamides is 1. The van der Waals surface area contributed by atoms with Gasteiger partial charge in [0.05, 0.1) is 4.92 Å². The summed E-state index contributed by atoms with van der Waals surface area (Å²) in [6, 6.07) is 9.23. The number of ether oxygens (including phenoxy) is 1. The van der Waals surface area contributed by atoms with Crippen molar-refractivity contribution >= 4 is 22.0 Å². The molecule has 1 unspecified atom stereocenters. The highest BCUT2D eigenvalue weighted by Crippen LogP contribution is 2.35. The van der Waals surface area contributed by atoms with Crippen LogP contribution in [0.1, 0.15) is 24.5 Å². The molecule has 0 aromatic heterocycles. The summed E-state index contributed by atoms with van der Waals surface area (Å²) in [5, 5.41) is 11.3. The summed E-state index contributed by atoms with van der Waals surface area (Å²) in [5.41, 5.74) is 1.45. The van der Waals surface area contributed by atoms with Crippen molar-refractivity contribution in [3.63, 3.8) is 0 Å². The van der Waals surface area contributed by atoms with E-state index in [1.54, 1.807) is 6.07 Å². The van der Waals surface area contributed by atoms with E-state index in [1.165, 1.54) is 16.4 Å². The predicted molar refractivity (Wildman–Crippen MR) is 124 cm³/mol. The first kappa shape index (κ1) is 24.8. The van der Waals surface area contributed by atoms with Crippen molar-refractivity contribution in [1.82, 2.24) is 9.21 Å². The van der Waals surface area contributed by atoms with Crippen molar-refractivity contribution < 1.29 is 22.9 Å². The molecule has 1 atom stereocenters. The van der Waals surface area contributed by atoms with Crippen LogP contribution in [0.4, 0.5) is 5.69 Å². The zero-order valence-corrected chi connectivity index (χ0v) is 19.9. The summed E-state index contributed by atoms with van der Waals surface area (Å²) in [4.78, 5) is 23.3. The smallest absolute Gasteiger partial charge is 0.271 e. The summed E-state index contributed by atoms with van der Waals surface area (Å²) in [5.74, 6) is 0.741. The molecule has 0 amide bonds. The number of carbonyl (C=O) groups excluding carboxylic acids is 1. The highest BCUT2D eigenvalue weighted by Gasteiger charge is 2.33. The van der Waals surface area contributed by atoms with E-state index in [4.69, 9.17) is 4.74 Å². The Bertz CT molecular complexity index is 1130. The van der Waals surface area contributed by atoms with Gasteiger partial charge in [0.25, 0.3) is 5.69 Å². The monoisotopic (exact) mass is 475 g/mol. The van der Waals surface area contributed by atoms with Gasteiger partial charge in [-0.3, -0.25) is 10.1 Å². The van der Waals surface area contributed by atoms with Crippen LogP contribution in [0.3, 0.4) is 0 Å². The third-order valence-corrected chi connectivity index (χ3v) is 7.64. The van der Waals surface area contributed by atoms with Crippen LogP contribution in [0.5, 0.6) is 11.5 Å². The Kier molecular flexibility index (Phi) is 7.83. The first-order valence-corrected chi connectivity index (χ1v) is 12.3. The number of hydrogen-bond acceptors (Lipinski definition) is 7. The molecule has 1 aliphatic heterocycles. The van der Waals surface area contributed by atoms with Gasteiger partial charge in [0.15, 0.2) is 0 Å². The Hall–Kier alpha value is -2.82. The molecular weight excluding hydrogens is 446 g/mol. The number of carbonyl (C=O) groups is 1. The van der Waals surface area contributed by atoms with Gasteiger partial charge in [0, 0.05) is 51.3 Å². The van der Waals surface area contributed by atoms with Crippen LogP contribution >= 0.6 is 0 Å². The summed E-state index contributed by atoms with van der Waals surface area (Å²) in [7, 11) is -4.03. The minimum absolute atomic E-state index is 0.0522. The Morgan fingerprint density at radius 2 is 1.79 bits per heavy atom. The van der Waals surface area contributed by atoms with Gasteiger partial charge in [-0.15, -0.1) is 0 Å². The number of aryl methyl sites for hydroxylation is 2. The molecule has 2 aromatic carbocycles. The molecule has 0 N–H and O–H groups in total. The Morgan fingerprint density at radius 1 is 1.09 bits per heavy atom. The molecule has 178 valence electrons. The normalized spacial score (nSPS) is 16.3. The van der Waals surface area contributed by atoms with Gasteiger partial charge in [0.1, 0.15) is 22.7 Å². The van der Waals surface area contributed by atoms with E-state index < -0.39 is 14.9 Å². The van der Waals surface area contributed by atoms with Gasteiger partial charge >= 0.3 is 0 Å². The van der Waals surface area contributed by atoms with E-state index in [0.29, 0.717) is 31.8 Å². The SMILES string of the molecule is Cc1ccc(C)c(Oc2ccc([N+](=O)[O-])cc2S(=O)(=O)N2CCN(CC(C)CC=O)CC2)c1. The number of nitro benzene ring substituents is 1. The molecular formula is C23H29N3O6S. The number of rotatable bonds is 9. The maximum atomic E-state index is 13.5. The molecule has 1 saturated heterocycles. The molecule has 0 bridgehead atoms. The molecule has 2 aromatic rings. The zero-order valence-electron chi connectivity index (χ0n) is 19.1. The molecule has 3 rings (SSSR count). The van der Waals surface area contributed by atoms with Crippen molar-refractivity contribution in [3.05, 3.63) is 57.6 Å². The number of hydrogen-bond donors (Lipinski definition) is 0. The Morgan fingerprint density at radius 3 is 2.42 bits per heavy atom. The van der Waals surface area contributed by atoms with E-state index in [2.05, 4.69) is 4.90 Å². The highest BCUT2D eigenvalue weighted by molar-refractivity contribution is 7.89. The number of nitro groups is 1. The lowest BCUT2D eigenvalue weighted by Gasteiger charge is -2.35. The lowest BCUT2D eigenvalue weighted by Crippen LogP contribution is -2.49. The fraction of sp³-hybridized carbons (Fsp3) is 0.435. The summed E-state index contributed by atoms with van der Waals surface area (Å²) >= 11 is 0. The van der Waals surface area contributed by atoms with E-state index >= 15 is 0 Å². The summed E-state index contributed by atoms with van der Waals surface area (Å²) in [6.45, 7) is 7.98. The average molecular weight is 476 g/mol. The molecule has 9 nitrogen and oxygen atoms in total. The Balaban J connectivity index is 1.88. The van der Waals surface area contributed by atoms with Crippen LogP contribution in [-0.2, 0) is 14.8 Å². The quantitative estimate of drug-likeness (QED) is 0.310. The third kappa shape index (κ3) is 5.95. The van der Waals surface area contributed by atoms with Gasteiger partial charge in [-0.1, -0.05) is 19.1 Å². The Labute approximate surface area is 194 Å². The molecule has 0 saturated carbocycles. The summed E-state index contributed by atoms with van der Waals surface area (Å²) < 4.78 is 34.3. The topological polar surface area (TPSA) is 110 Å². The van der Waals surface area contributed by atoms with E-state index in [-0.39, 0.29) is 35.3 Å². The number of benzene rings is 2. The standard InChI is InChI=1S/C23H29N3O6S/c1-17-4-5-19(3)22(14-17)32-21-7-6-20(26(28)29)15-23(21)33(30,31)25-11-9-24(10-12-25)16-18(2)8-13-27/h4-7,13-15,18H,8-12,16H2,1-3H3. The second-order valence-corrected chi connectivity index (χ2v) is 10.4. The largest absolute Gasteiger partial charge is 0.456 e. The van der Waals surface area contributed by atoms with Crippen LogP contribution in [0.15, 0.2) is 41.3 Å². The van der Waals surface area contributed by atoms with Gasteiger partial charge < -0.3 is 14.4 Å². The van der Waals surface area contributed by atoms with Crippen LogP contribution in [-0.4, -0.2) is 61.6 Å². The maximum Gasteiger partial charge on any atom is 0.271 e. The first-order chi connectivity index (χ1) is 15.6. The molecule has 10 heteroatoms. The number of piperazine rings is 1. The van der Waals surface area contributed by atoms with Crippen molar-refractivity contribution in [1.29, 1.82) is 0 Å². The molecule has 0 radical (unpaired) electrons. The maximum absolute atomic E-state index is 13.5. The average Bonchev–Trinajstić information content (AvgIpc) is 2.77. The van der Waals surface area contributed by atoms with Crippen LogP contribution in [0.25, 0.3) is 0 Å². The first-order valence-electron chi connectivity index (χ1n) is 10.8. The fourth-order valence-electron chi connectivity index (χ4n) is 3.80. The van der Waals surface area contributed by atoms with Crippen LogP contribution in [0.2, 0.25) is 0 Å².